The van der Waals surface area contributed by atoms with E-state index in [1.165, 1.54) is 12.0 Å². The van der Waals surface area contributed by atoms with Crippen molar-refractivity contribution in [3.8, 4) is 0 Å². The fourth-order valence-electron chi connectivity index (χ4n) is 5.08. The Morgan fingerprint density at radius 3 is 2.63 bits per heavy atom. The maximum absolute atomic E-state index is 13.3. The molecule has 2 fully saturated rings. The topological polar surface area (TPSA) is 53.2 Å². The monoisotopic (exact) mass is 358 g/mol. The van der Waals surface area contributed by atoms with Gasteiger partial charge in [0.1, 0.15) is 5.69 Å². The first-order valence-electron chi connectivity index (χ1n) is 9.70. The number of rotatable bonds is 2. The van der Waals surface area contributed by atoms with E-state index < -0.39 is 0 Å². The van der Waals surface area contributed by atoms with Gasteiger partial charge in [-0.25, -0.2) is 0 Å². The minimum Gasteiger partial charge on any atom is -0.333 e. The smallest absolute Gasteiger partial charge is 0.270 e. The molecular formula is C23H22N2O2. The largest absolute Gasteiger partial charge is 0.333 e. The Kier molecular flexibility index (Phi) is 3.85. The van der Waals surface area contributed by atoms with Crippen molar-refractivity contribution in [2.24, 2.45) is 5.92 Å². The molecule has 1 aliphatic carbocycles. The third-order valence-corrected chi connectivity index (χ3v) is 6.31. The molecule has 2 aliphatic rings. The quantitative estimate of drug-likeness (QED) is 0.754. The van der Waals surface area contributed by atoms with Crippen molar-refractivity contribution in [3.05, 3.63) is 82.3 Å². The van der Waals surface area contributed by atoms with Crippen LogP contribution in [0.5, 0.6) is 0 Å². The summed E-state index contributed by atoms with van der Waals surface area (Å²) in [5.74, 6) is 0.853. The van der Waals surface area contributed by atoms with Crippen LogP contribution in [-0.4, -0.2) is 28.4 Å². The van der Waals surface area contributed by atoms with Crippen molar-refractivity contribution in [2.45, 2.75) is 31.2 Å². The van der Waals surface area contributed by atoms with E-state index in [-0.39, 0.29) is 17.5 Å². The van der Waals surface area contributed by atoms with Crippen LogP contribution in [0.2, 0.25) is 0 Å². The normalized spacial score (nSPS) is 24.3. The van der Waals surface area contributed by atoms with Crippen LogP contribution in [0, 0.1) is 5.92 Å². The lowest BCUT2D eigenvalue weighted by Crippen LogP contribution is -2.37. The number of hydrogen-bond acceptors (Lipinski definition) is 2. The molecule has 0 bridgehead atoms. The highest BCUT2D eigenvalue weighted by Crippen LogP contribution is 2.46. The van der Waals surface area contributed by atoms with Crippen LogP contribution in [0.1, 0.15) is 41.2 Å². The lowest BCUT2D eigenvalue weighted by Gasteiger charge is -2.23. The van der Waals surface area contributed by atoms with Gasteiger partial charge in [-0.2, -0.15) is 0 Å². The summed E-state index contributed by atoms with van der Waals surface area (Å²) in [6.07, 6.45) is 3.39. The molecule has 5 rings (SSSR count). The van der Waals surface area contributed by atoms with Gasteiger partial charge < -0.3 is 9.88 Å². The number of aromatic nitrogens is 1. The zero-order valence-electron chi connectivity index (χ0n) is 15.1. The minimum absolute atomic E-state index is 0.0480. The van der Waals surface area contributed by atoms with Gasteiger partial charge in [-0.1, -0.05) is 55.0 Å². The Morgan fingerprint density at radius 2 is 1.78 bits per heavy atom. The zero-order chi connectivity index (χ0) is 18.4. The van der Waals surface area contributed by atoms with Crippen LogP contribution in [0.15, 0.2) is 65.5 Å². The van der Waals surface area contributed by atoms with Crippen LogP contribution < -0.4 is 5.56 Å². The summed E-state index contributed by atoms with van der Waals surface area (Å²) in [6, 6.07) is 20.0. The van der Waals surface area contributed by atoms with Gasteiger partial charge in [-0.15, -0.1) is 0 Å². The van der Waals surface area contributed by atoms with Gasteiger partial charge in [-0.05, 0) is 41.8 Å². The molecule has 4 heteroatoms. The number of carbonyl (C=O) groups is 1. The number of benzene rings is 2. The Labute approximate surface area is 157 Å². The maximum atomic E-state index is 13.3. The van der Waals surface area contributed by atoms with Crippen LogP contribution in [0.25, 0.3) is 10.8 Å². The maximum Gasteiger partial charge on any atom is 0.270 e. The van der Waals surface area contributed by atoms with E-state index in [4.69, 9.17) is 0 Å². The van der Waals surface area contributed by atoms with Crippen LogP contribution in [-0.2, 0) is 0 Å². The Morgan fingerprint density at radius 1 is 1.00 bits per heavy atom. The zero-order valence-corrected chi connectivity index (χ0v) is 15.1. The van der Waals surface area contributed by atoms with Gasteiger partial charge in [0.2, 0.25) is 0 Å². The van der Waals surface area contributed by atoms with E-state index in [0.717, 1.165) is 24.8 Å². The van der Waals surface area contributed by atoms with Gasteiger partial charge >= 0.3 is 0 Å². The number of hydrogen-bond donors (Lipinski definition) is 1. The molecule has 0 spiro atoms. The highest BCUT2D eigenvalue weighted by atomic mass is 16.2. The van der Waals surface area contributed by atoms with Crippen LogP contribution in [0.3, 0.4) is 0 Å². The van der Waals surface area contributed by atoms with Gasteiger partial charge in [0.25, 0.3) is 11.5 Å². The number of aromatic amines is 1. The molecule has 0 radical (unpaired) electrons. The predicted molar refractivity (Wildman–Crippen MR) is 106 cm³/mol. The first-order chi connectivity index (χ1) is 13.2. The number of carbonyl (C=O) groups excluding carboxylic acids is 1. The molecule has 3 unspecified atom stereocenters. The second kappa shape index (κ2) is 6.38. The number of likely N-dealkylation sites (tertiary alicyclic amines) is 1. The number of nitrogens with zero attached hydrogens (tertiary/aromatic N) is 1. The molecule has 4 nitrogen and oxygen atoms in total. The van der Waals surface area contributed by atoms with Crippen molar-refractivity contribution in [3.63, 3.8) is 0 Å². The van der Waals surface area contributed by atoms with Crippen LogP contribution in [0.4, 0.5) is 0 Å². The molecule has 1 saturated heterocycles. The lowest BCUT2D eigenvalue weighted by atomic mass is 9.87. The highest BCUT2D eigenvalue weighted by Gasteiger charge is 2.46. The van der Waals surface area contributed by atoms with Crippen molar-refractivity contribution in [1.82, 2.24) is 9.88 Å². The van der Waals surface area contributed by atoms with Crippen LogP contribution >= 0.6 is 0 Å². The first kappa shape index (κ1) is 16.3. The Hall–Kier alpha value is -2.88. The summed E-state index contributed by atoms with van der Waals surface area (Å²) in [5.41, 5.74) is 1.52. The lowest BCUT2D eigenvalue weighted by molar-refractivity contribution is 0.0722. The van der Waals surface area contributed by atoms with Gasteiger partial charge in [0, 0.05) is 23.9 Å². The summed E-state index contributed by atoms with van der Waals surface area (Å²) in [4.78, 5) is 30.5. The Balaban J connectivity index is 1.51. The highest BCUT2D eigenvalue weighted by molar-refractivity contribution is 5.96. The molecule has 1 amide bonds. The average Bonchev–Trinajstić information content (AvgIpc) is 3.31. The van der Waals surface area contributed by atoms with Crippen molar-refractivity contribution in [2.75, 3.05) is 6.54 Å². The number of amides is 1. The second-order valence-electron chi connectivity index (χ2n) is 7.74. The number of fused-ring (bicyclic) bond motifs is 2. The predicted octanol–water partition coefficient (Wildman–Crippen LogP) is 3.94. The molecule has 1 aromatic heterocycles. The molecule has 136 valence electrons. The summed E-state index contributed by atoms with van der Waals surface area (Å²) < 4.78 is 0. The van der Waals surface area contributed by atoms with E-state index in [2.05, 4.69) is 29.2 Å². The van der Waals surface area contributed by atoms with E-state index in [1.54, 1.807) is 6.07 Å². The van der Waals surface area contributed by atoms with Gasteiger partial charge in [0.15, 0.2) is 0 Å². The fraction of sp³-hybridized carbons (Fsp3) is 0.304. The Bertz CT molecular complexity index is 1060. The van der Waals surface area contributed by atoms with E-state index in [1.807, 2.05) is 35.2 Å². The standard InChI is InChI=1S/C23H22N2O2/c26-22-17-10-5-4-9-16(17)13-20(24-22)23(27)25-14-19(15-7-2-1-3-8-15)18-11-6-12-21(18)25/h1-5,7-10,13,18-19,21H,6,11-12,14H2,(H,24,26). The molecule has 3 atom stereocenters. The number of nitrogens with one attached hydrogen (secondary N) is 1. The molecule has 1 saturated carbocycles. The molecule has 1 aliphatic heterocycles. The summed E-state index contributed by atoms with van der Waals surface area (Å²) >= 11 is 0. The number of H-pyrrole nitrogens is 1. The van der Waals surface area contributed by atoms with Crippen molar-refractivity contribution >= 4 is 16.7 Å². The summed E-state index contributed by atoms with van der Waals surface area (Å²) in [5, 5.41) is 1.43. The fourth-order valence-corrected chi connectivity index (χ4v) is 5.08. The SMILES string of the molecule is O=C(c1cc2ccccc2c(=O)[nH]1)N1CC(c2ccccc2)C2CCCC21. The molecular weight excluding hydrogens is 336 g/mol. The first-order valence-corrected chi connectivity index (χ1v) is 9.70. The summed E-state index contributed by atoms with van der Waals surface area (Å²) in [6.45, 7) is 0.729. The molecule has 27 heavy (non-hydrogen) atoms. The van der Waals surface area contributed by atoms with Crippen molar-refractivity contribution in [1.29, 1.82) is 0 Å². The third-order valence-electron chi connectivity index (χ3n) is 6.31. The molecule has 2 aromatic carbocycles. The molecule has 2 heterocycles. The van der Waals surface area contributed by atoms with E-state index in [0.29, 0.717) is 22.9 Å². The van der Waals surface area contributed by atoms with E-state index >= 15 is 0 Å². The van der Waals surface area contributed by atoms with E-state index in [9.17, 15) is 9.59 Å². The number of pyridine rings is 1. The average molecular weight is 358 g/mol. The third kappa shape index (κ3) is 2.67. The minimum atomic E-state index is -0.196. The second-order valence-corrected chi connectivity index (χ2v) is 7.74. The molecule has 3 aromatic rings. The van der Waals surface area contributed by atoms with Gasteiger partial charge in [0.05, 0.1) is 0 Å². The van der Waals surface area contributed by atoms with Gasteiger partial charge in [-0.3, -0.25) is 9.59 Å². The summed E-state index contributed by atoms with van der Waals surface area (Å²) in [7, 11) is 0. The molecule has 1 N–H and O–H groups in total. The van der Waals surface area contributed by atoms with Crippen molar-refractivity contribution < 1.29 is 4.79 Å².